The Morgan fingerprint density at radius 3 is 2.42 bits per heavy atom. The van der Waals surface area contributed by atoms with Crippen LogP contribution >= 0.6 is 11.6 Å². The Kier molecular flexibility index (Phi) is 6.65. The van der Waals surface area contributed by atoms with Crippen molar-refractivity contribution < 1.29 is 27.3 Å². The summed E-state index contributed by atoms with van der Waals surface area (Å²) in [4.78, 5) is 24.4. The van der Waals surface area contributed by atoms with Gasteiger partial charge in [-0.1, -0.05) is 47.1 Å². The van der Waals surface area contributed by atoms with Crippen LogP contribution in [-0.4, -0.2) is 29.7 Å². The molecule has 162 valence electrons. The fourth-order valence-electron chi connectivity index (χ4n) is 2.82. The van der Waals surface area contributed by atoms with Gasteiger partial charge in [-0.2, -0.15) is 13.2 Å². The van der Waals surface area contributed by atoms with Crippen molar-refractivity contribution in [2.75, 3.05) is 11.9 Å². The van der Waals surface area contributed by atoms with Gasteiger partial charge in [0.05, 0.1) is 11.4 Å². The molecule has 0 atom stereocenters. The molecule has 2 N–H and O–H groups in total. The molecule has 0 fully saturated rings. The number of rotatable bonds is 6. The first kappa shape index (κ1) is 22.4. The number of anilines is 1. The molecule has 2 amide bonds. The molecule has 3 aromatic rings. The van der Waals surface area contributed by atoms with E-state index >= 15 is 0 Å². The Labute approximate surface area is 180 Å². The summed E-state index contributed by atoms with van der Waals surface area (Å²) in [5.74, 6) is -0.909. The first-order valence-electron chi connectivity index (χ1n) is 9.09. The largest absolute Gasteiger partial charge is 0.405 e. The van der Waals surface area contributed by atoms with Crippen LogP contribution in [0.15, 0.2) is 53.1 Å². The van der Waals surface area contributed by atoms with Crippen molar-refractivity contribution >= 4 is 29.1 Å². The summed E-state index contributed by atoms with van der Waals surface area (Å²) in [6, 6.07) is 13.1. The van der Waals surface area contributed by atoms with Crippen molar-refractivity contribution in [3.05, 3.63) is 70.4 Å². The highest BCUT2D eigenvalue weighted by molar-refractivity contribution is 6.33. The maximum Gasteiger partial charge on any atom is 0.405 e. The molecule has 2 aromatic carbocycles. The van der Waals surface area contributed by atoms with Gasteiger partial charge in [0.25, 0.3) is 5.91 Å². The third-order valence-corrected chi connectivity index (χ3v) is 4.61. The third kappa shape index (κ3) is 5.85. The molecule has 1 heterocycles. The molecule has 6 nitrogen and oxygen atoms in total. The Hall–Kier alpha value is -3.33. The summed E-state index contributed by atoms with van der Waals surface area (Å²) in [5, 5.41) is 8.88. The number of alkyl halides is 3. The highest BCUT2D eigenvalue weighted by Gasteiger charge is 2.27. The van der Waals surface area contributed by atoms with Gasteiger partial charge in [0.15, 0.2) is 0 Å². The smallest absolute Gasteiger partial charge is 0.360 e. The van der Waals surface area contributed by atoms with Crippen LogP contribution in [0.4, 0.5) is 18.9 Å². The molecule has 0 unspecified atom stereocenters. The molecule has 0 aliphatic heterocycles. The number of nitrogens with zero attached hydrogens (tertiary/aromatic N) is 1. The number of benzene rings is 2. The number of amides is 2. The van der Waals surface area contributed by atoms with Crippen LogP contribution in [0.5, 0.6) is 0 Å². The van der Waals surface area contributed by atoms with Gasteiger partial charge < -0.3 is 15.2 Å². The van der Waals surface area contributed by atoms with E-state index in [0.717, 1.165) is 0 Å². The van der Waals surface area contributed by atoms with Crippen molar-refractivity contribution in [2.45, 2.75) is 19.5 Å². The summed E-state index contributed by atoms with van der Waals surface area (Å²) in [7, 11) is 0. The summed E-state index contributed by atoms with van der Waals surface area (Å²) in [6.07, 6.45) is -4.68. The lowest BCUT2D eigenvalue weighted by atomic mass is 10.1. The number of hydrogen-bond acceptors (Lipinski definition) is 4. The number of halogens is 4. The summed E-state index contributed by atoms with van der Waals surface area (Å²) in [5.41, 5.74) is 2.00. The maximum atomic E-state index is 12.8. The average Bonchev–Trinajstić information content (AvgIpc) is 3.09. The number of carbonyl (C=O) groups excluding carboxylic acids is 2. The summed E-state index contributed by atoms with van der Waals surface area (Å²) >= 11 is 6.20. The Bertz CT molecular complexity index is 1100. The lowest BCUT2D eigenvalue weighted by molar-refractivity contribution is -0.138. The predicted octanol–water partition coefficient (Wildman–Crippen LogP) is 4.78. The zero-order chi connectivity index (χ0) is 22.6. The van der Waals surface area contributed by atoms with Crippen LogP contribution in [0.25, 0.3) is 11.3 Å². The van der Waals surface area contributed by atoms with E-state index in [0.29, 0.717) is 33.3 Å². The van der Waals surface area contributed by atoms with Gasteiger partial charge in [-0.15, -0.1) is 0 Å². The Balaban J connectivity index is 1.69. The van der Waals surface area contributed by atoms with Gasteiger partial charge in [-0.25, -0.2) is 0 Å². The van der Waals surface area contributed by atoms with Gasteiger partial charge >= 0.3 is 6.18 Å². The lowest BCUT2D eigenvalue weighted by Gasteiger charge is -2.09. The standard InChI is InChI=1S/C21H17ClF3N3O3/c1-12-18(19(28-31-12)15-4-2-3-5-16(15)22)20(30)27-14-8-6-13(7-9-14)10-17(29)26-11-21(23,24)25/h2-9H,10-11H2,1H3,(H,26,29)(H,27,30). The van der Waals surface area contributed by atoms with E-state index in [1.165, 1.54) is 12.1 Å². The molecule has 0 aliphatic carbocycles. The topological polar surface area (TPSA) is 84.2 Å². The zero-order valence-corrected chi connectivity index (χ0v) is 17.0. The average molecular weight is 452 g/mol. The SMILES string of the molecule is Cc1onc(-c2ccccc2Cl)c1C(=O)Nc1ccc(CC(=O)NCC(F)(F)F)cc1. The molecule has 31 heavy (non-hydrogen) atoms. The first-order chi connectivity index (χ1) is 14.6. The van der Waals surface area contributed by atoms with E-state index in [2.05, 4.69) is 10.5 Å². The van der Waals surface area contributed by atoms with Crippen molar-refractivity contribution in [3.8, 4) is 11.3 Å². The van der Waals surface area contributed by atoms with Crippen molar-refractivity contribution in [2.24, 2.45) is 0 Å². The summed E-state index contributed by atoms with van der Waals surface area (Å²) in [6.45, 7) is 0.219. The molecule has 0 saturated carbocycles. The first-order valence-corrected chi connectivity index (χ1v) is 9.47. The van der Waals surface area contributed by atoms with Gasteiger partial charge in [0.2, 0.25) is 5.91 Å². The third-order valence-electron chi connectivity index (χ3n) is 4.28. The molecule has 3 rings (SSSR count). The molecule has 0 aliphatic rings. The Morgan fingerprint density at radius 2 is 1.77 bits per heavy atom. The van der Waals surface area contributed by atoms with E-state index in [4.69, 9.17) is 16.1 Å². The van der Waals surface area contributed by atoms with E-state index in [1.54, 1.807) is 43.3 Å². The van der Waals surface area contributed by atoms with Gasteiger partial charge in [0.1, 0.15) is 23.6 Å². The summed E-state index contributed by atoms with van der Waals surface area (Å²) < 4.78 is 41.7. The second-order valence-electron chi connectivity index (χ2n) is 6.66. The monoisotopic (exact) mass is 451 g/mol. The molecule has 0 spiro atoms. The number of hydrogen-bond donors (Lipinski definition) is 2. The van der Waals surface area contributed by atoms with Crippen molar-refractivity contribution in [3.63, 3.8) is 0 Å². The van der Waals surface area contributed by atoms with Gasteiger partial charge in [0, 0.05) is 11.3 Å². The van der Waals surface area contributed by atoms with Crippen LogP contribution in [0.2, 0.25) is 5.02 Å². The van der Waals surface area contributed by atoms with Crippen molar-refractivity contribution in [1.29, 1.82) is 0 Å². The minimum atomic E-state index is -4.47. The molecule has 0 radical (unpaired) electrons. The second-order valence-corrected chi connectivity index (χ2v) is 7.07. The van der Waals surface area contributed by atoms with Crippen LogP contribution < -0.4 is 10.6 Å². The van der Waals surface area contributed by atoms with E-state index in [-0.39, 0.29) is 12.0 Å². The number of aromatic nitrogens is 1. The van der Waals surface area contributed by atoms with E-state index in [9.17, 15) is 22.8 Å². The van der Waals surface area contributed by atoms with E-state index in [1.807, 2.05) is 5.32 Å². The quantitative estimate of drug-likeness (QED) is 0.565. The normalized spacial score (nSPS) is 11.3. The number of nitrogens with one attached hydrogen (secondary N) is 2. The molecule has 0 saturated heterocycles. The van der Waals surface area contributed by atoms with Crippen molar-refractivity contribution in [1.82, 2.24) is 10.5 Å². The maximum absolute atomic E-state index is 12.8. The molecular weight excluding hydrogens is 435 g/mol. The van der Waals surface area contributed by atoms with Gasteiger partial charge in [-0.3, -0.25) is 9.59 Å². The molecular formula is C21H17ClF3N3O3. The zero-order valence-electron chi connectivity index (χ0n) is 16.2. The van der Waals surface area contributed by atoms with Crippen LogP contribution in [-0.2, 0) is 11.2 Å². The Morgan fingerprint density at radius 1 is 1.10 bits per heavy atom. The minimum absolute atomic E-state index is 0.217. The molecule has 0 bridgehead atoms. The van der Waals surface area contributed by atoms with Crippen LogP contribution in [0.1, 0.15) is 21.7 Å². The predicted molar refractivity (Wildman–Crippen MR) is 109 cm³/mol. The fraction of sp³-hybridized carbons (Fsp3) is 0.190. The molecule has 10 heteroatoms. The lowest BCUT2D eigenvalue weighted by Crippen LogP contribution is -2.34. The second kappa shape index (κ2) is 9.22. The highest BCUT2D eigenvalue weighted by Crippen LogP contribution is 2.31. The number of carbonyl (C=O) groups is 2. The molecule has 1 aromatic heterocycles. The van der Waals surface area contributed by atoms with Crippen LogP contribution in [0.3, 0.4) is 0 Å². The fourth-order valence-corrected chi connectivity index (χ4v) is 3.05. The van der Waals surface area contributed by atoms with E-state index < -0.39 is 24.5 Å². The minimum Gasteiger partial charge on any atom is -0.360 e. The van der Waals surface area contributed by atoms with Gasteiger partial charge in [-0.05, 0) is 30.7 Å². The number of aryl methyl sites for hydroxylation is 1. The highest BCUT2D eigenvalue weighted by atomic mass is 35.5. The van der Waals surface area contributed by atoms with Crippen LogP contribution in [0, 0.1) is 6.92 Å².